The molecule has 0 aliphatic carbocycles. The Labute approximate surface area is 80.2 Å². The zero-order valence-corrected chi connectivity index (χ0v) is 7.73. The maximum absolute atomic E-state index is 12.3. The first-order chi connectivity index (χ1) is 6.49. The molecular weight excluding hydrogens is 193 g/mol. The molecule has 1 rings (SSSR count). The molecule has 0 aliphatic heterocycles. The van der Waals surface area contributed by atoms with Crippen LogP contribution in [0.25, 0.3) is 0 Å². The lowest BCUT2D eigenvalue weighted by molar-refractivity contribution is -0.137. The summed E-state index contributed by atoms with van der Waals surface area (Å²) < 4.78 is 36.8. The summed E-state index contributed by atoms with van der Waals surface area (Å²) in [6.07, 6.45) is -3.72. The molecule has 0 radical (unpaired) electrons. The Bertz CT molecular complexity index is 318. The van der Waals surface area contributed by atoms with Gasteiger partial charge in [0, 0.05) is 0 Å². The smallest absolute Gasteiger partial charge is 0.392 e. The standard InChI is InChI=1S/C10H11F3O/c1-2-7-3-4-9(10(11,12)13)5-8(7)6-14/h3-5,14H,2,6H2,1H3. The van der Waals surface area contributed by atoms with Crippen molar-refractivity contribution >= 4 is 0 Å². The molecule has 4 heteroatoms. The Hall–Kier alpha value is -1.03. The largest absolute Gasteiger partial charge is 0.416 e. The van der Waals surface area contributed by atoms with Gasteiger partial charge in [0.05, 0.1) is 12.2 Å². The summed E-state index contributed by atoms with van der Waals surface area (Å²) in [6, 6.07) is 3.45. The Balaban J connectivity index is 3.14. The van der Waals surface area contributed by atoms with Crippen molar-refractivity contribution in [1.29, 1.82) is 0 Å². The van der Waals surface area contributed by atoms with Crippen LogP contribution in [0.15, 0.2) is 18.2 Å². The van der Waals surface area contributed by atoms with Crippen LogP contribution < -0.4 is 0 Å². The highest BCUT2D eigenvalue weighted by atomic mass is 19.4. The fourth-order valence-electron chi connectivity index (χ4n) is 1.29. The average molecular weight is 204 g/mol. The third-order valence-electron chi connectivity index (χ3n) is 2.08. The lowest BCUT2D eigenvalue weighted by Crippen LogP contribution is -2.06. The van der Waals surface area contributed by atoms with E-state index in [2.05, 4.69) is 0 Å². The summed E-state index contributed by atoms with van der Waals surface area (Å²) in [5.74, 6) is 0. The molecule has 0 aliphatic rings. The van der Waals surface area contributed by atoms with E-state index in [0.29, 0.717) is 12.0 Å². The first-order valence-corrected chi connectivity index (χ1v) is 4.29. The van der Waals surface area contributed by atoms with Crippen LogP contribution in [-0.2, 0) is 19.2 Å². The fourth-order valence-corrected chi connectivity index (χ4v) is 1.29. The molecule has 14 heavy (non-hydrogen) atoms. The molecular formula is C10H11F3O. The van der Waals surface area contributed by atoms with Gasteiger partial charge >= 0.3 is 6.18 Å². The van der Waals surface area contributed by atoms with Gasteiger partial charge in [-0.3, -0.25) is 0 Å². The molecule has 0 spiro atoms. The Morgan fingerprint density at radius 2 is 1.86 bits per heavy atom. The fraction of sp³-hybridized carbons (Fsp3) is 0.400. The van der Waals surface area contributed by atoms with Crippen LogP contribution in [-0.4, -0.2) is 5.11 Å². The molecule has 0 unspecified atom stereocenters. The second-order valence-corrected chi connectivity index (χ2v) is 2.99. The highest BCUT2D eigenvalue weighted by molar-refractivity contribution is 5.33. The first kappa shape index (κ1) is 11.0. The molecule has 0 atom stereocenters. The number of halogens is 3. The van der Waals surface area contributed by atoms with Gasteiger partial charge in [-0.1, -0.05) is 13.0 Å². The normalized spacial score (nSPS) is 11.8. The van der Waals surface area contributed by atoms with Crippen LogP contribution in [0.2, 0.25) is 0 Å². The van der Waals surface area contributed by atoms with Crippen LogP contribution in [0.4, 0.5) is 13.2 Å². The summed E-state index contributed by atoms with van der Waals surface area (Å²) in [7, 11) is 0. The van der Waals surface area contributed by atoms with Gasteiger partial charge in [-0.25, -0.2) is 0 Å². The van der Waals surface area contributed by atoms with Crippen LogP contribution in [0, 0.1) is 0 Å². The Kier molecular flexibility index (Phi) is 3.16. The Morgan fingerprint density at radius 1 is 1.21 bits per heavy atom. The summed E-state index contributed by atoms with van der Waals surface area (Å²) in [4.78, 5) is 0. The van der Waals surface area contributed by atoms with Crippen molar-refractivity contribution in [2.45, 2.75) is 26.1 Å². The van der Waals surface area contributed by atoms with Crippen LogP contribution in [0.1, 0.15) is 23.6 Å². The number of aliphatic hydroxyl groups excluding tert-OH is 1. The molecule has 1 N–H and O–H groups in total. The second kappa shape index (κ2) is 4.00. The van der Waals surface area contributed by atoms with Crippen molar-refractivity contribution in [3.8, 4) is 0 Å². The molecule has 0 aromatic heterocycles. The van der Waals surface area contributed by atoms with Gasteiger partial charge in [0.1, 0.15) is 0 Å². The van der Waals surface area contributed by atoms with E-state index in [1.54, 1.807) is 0 Å². The highest BCUT2D eigenvalue weighted by Gasteiger charge is 2.30. The van der Waals surface area contributed by atoms with Crippen molar-refractivity contribution in [3.05, 3.63) is 34.9 Å². The molecule has 0 amide bonds. The SMILES string of the molecule is CCc1ccc(C(F)(F)F)cc1CO. The molecule has 1 aromatic carbocycles. The van der Waals surface area contributed by atoms with Gasteiger partial charge in [-0.05, 0) is 29.7 Å². The molecule has 1 aromatic rings. The molecule has 0 heterocycles. The van der Waals surface area contributed by atoms with E-state index in [-0.39, 0.29) is 6.61 Å². The summed E-state index contributed by atoms with van der Waals surface area (Å²) in [6.45, 7) is 1.48. The molecule has 0 saturated carbocycles. The van der Waals surface area contributed by atoms with E-state index in [1.165, 1.54) is 6.07 Å². The lowest BCUT2D eigenvalue weighted by Gasteiger charge is -2.10. The number of aryl methyl sites for hydroxylation is 1. The monoisotopic (exact) mass is 204 g/mol. The van der Waals surface area contributed by atoms with E-state index < -0.39 is 11.7 Å². The maximum atomic E-state index is 12.3. The van der Waals surface area contributed by atoms with Crippen molar-refractivity contribution in [1.82, 2.24) is 0 Å². The van der Waals surface area contributed by atoms with Gasteiger partial charge < -0.3 is 5.11 Å². The summed E-state index contributed by atoms with van der Waals surface area (Å²) >= 11 is 0. The van der Waals surface area contributed by atoms with E-state index in [0.717, 1.165) is 17.7 Å². The summed E-state index contributed by atoms with van der Waals surface area (Å²) in [5, 5.41) is 8.87. The lowest BCUT2D eigenvalue weighted by atomic mass is 10.0. The third kappa shape index (κ3) is 2.26. The van der Waals surface area contributed by atoms with E-state index >= 15 is 0 Å². The predicted octanol–water partition coefficient (Wildman–Crippen LogP) is 2.76. The van der Waals surface area contributed by atoms with E-state index in [9.17, 15) is 13.2 Å². The van der Waals surface area contributed by atoms with Gasteiger partial charge in [0.2, 0.25) is 0 Å². The van der Waals surface area contributed by atoms with Crippen LogP contribution >= 0.6 is 0 Å². The number of benzene rings is 1. The minimum atomic E-state index is -4.34. The number of rotatable bonds is 2. The Morgan fingerprint density at radius 3 is 2.29 bits per heavy atom. The zero-order chi connectivity index (χ0) is 10.8. The van der Waals surface area contributed by atoms with Crippen molar-refractivity contribution in [2.24, 2.45) is 0 Å². The molecule has 78 valence electrons. The van der Waals surface area contributed by atoms with E-state index in [1.807, 2.05) is 6.92 Å². The van der Waals surface area contributed by atoms with Crippen LogP contribution in [0.3, 0.4) is 0 Å². The molecule has 0 saturated heterocycles. The third-order valence-corrected chi connectivity index (χ3v) is 2.08. The zero-order valence-electron chi connectivity index (χ0n) is 7.73. The molecule has 1 nitrogen and oxygen atoms in total. The second-order valence-electron chi connectivity index (χ2n) is 2.99. The average Bonchev–Trinajstić information content (AvgIpc) is 2.15. The van der Waals surface area contributed by atoms with Crippen molar-refractivity contribution < 1.29 is 18.3 Å². The molecule has 0 fully saturated rings. The number of hydrogen-bond donors (Lipinski definition) is 1. The maximum Gasteiger partial charge on any atom is 0.416 e. The van der Waals surface area contributed by atoms with Crippen molar-refractivity contribution in [2.75, 3.05) is 0 Å². The minimum absolute atomic E-state index is 0.349. The highest BCUT2D eigenvalue weighted by Crippen LogP contribution is 2.30. The number of hydrogen-bond acceptors (Lipinski definition) is 1. The number of aliphatic hydroxyl groups is 1. The predicted molar refractivity (Wildman–Crippen MR) is 46.7 cm³/mol. The van der Waals surface area contributed by atoms with Gasteiger partial charge in [-0.15, -0.1) is 0 Å². The van der Waals surface area contributed by atoms with E-state index in [4.69, 9.17) is 5.11 Å². The minimum Gasteiger partial charge on any atom is -0.392 e. The van der Waals surface area contributed by atoms with Gasteiger partial charge in [0.25, 0.3) is 0 Å². The van der Waals surface area contributed by atoms with Gasteiger partial charge in [-0.2, -0.15) is 13.2 Å². The first-order valence-electron chi connectivity index (χ1n) is 4.29. The van der Waals surface area contributed by atoms with Crippen molar-refractivity contribution in [3.63, 3.8) is 0 Å². The van der Waals surface area contributed by atoms with Gasteiger partial charge in [0.15, 0.2) is 0 Å². The van der Waals surface area contributed by atoms with Crippen LogP contribution in [0.5, 0.6) is 0 Å². The summed E-state index contributed by atoms with van der Waals surface area (Å²) in [5.41, 5.74) is 0.390. The number of alkyl halides is 3. The topological polar surface area (TPSA) is 20.2 Å². The molecule has 0 bridgehead atoms. The quantitative estimate of drug-likeness (QED) is 0.785.